The highest BCUT2D eigenvalue weighted by Crippen LogP contribution is 2.45. The van der Waals surface area contributed by atoms with E-state index in [1.807, 2.05) is 37.3 Å². The van der Waals surface area contributed by atoms with Crippen LogP contribution in [0.5, 0.6) is 5.75 Å². The van der Waals surface area contributed by atoms with E-state index in [1.165, 1.54) is 10.5 Å². The number of para-hydroxylation sites is 1. The molecule has 1 saturated carbocycles. The van der Waals surface area contributed by atoms with Crippen LogP contribution < -0.4 is 15.0 Å². The number of piperidine rings is 1. The summed E-state index contributed by atoms with van der Waals surface area (Å²) in [5, 5.41) is 14.6. The van der Waals surface area contributed by atoms with Crippen molar-refractivity contribution in [3.8, 4) is 5.75 Å². The Balaban J connectivity index is 1.61. The van der Waals surface area contributed by atoms with Gasteiger partial charge in [0.1, 0.15) is 11.8 Å². The molecular weight excluding hydrogens is 388 g/mol. The lowest BCUT2D eigenvalue weighted by molar-refractivity contribution is -0.937. The molecule has 0 aromatic heterocycles. The summed E-state index contributed by atoms with van der Waals surface area (Å²) < 4.78 is 5.69. The Morgan fingerprint density at radius 3 is 2.77 bits per heavy atom. The molecule has 5 nitrogen and oxygen atoms in total. The van der Waals surface area contributed by atoms with E-state index in [9.17, 15) is 9.90 Å². The van der Waals surface area contributed by atoms with Crippen molar-refractivity contribution < 1.29 is 19.5 Å². The highest BCUT2D eigenvalue weighted by molar-refractivity contribution is 5.92. The van der Waals surface area contributed by atoms with E-state index < -0.39 is 5.60 Å². The number of carbonyl (C=O) groups is 1. The second-order valence-corrected chi connectivity index (χ2v) is 9.38. The Labute approximate surface area is 185 Å². The molecule has 5 heteroatoms. The molecule has 1 aliphatic carbocycles. The quantitative estimate of drug-likeness (QED) is 0.692. The van der Waals surface area contributed by atoms with Gasteiger partial charge in [-0.1, -0.05) is 42.7 Å². The fourth-order valence-corrected chi connectivity index (χ4v) is 5.77. The summed E-state index contributed by atoms with van der Waals surface area (Å²) in [4.78, 5) is 14.3. The standard InChI is InChI=1S/C26H34N2O3/c1-18-11-12-22(19(2)16-18)27-24(29)17-28-15-14-26(30)13-7-6-9-21(26)25(28)20-8-4-5-10-23(20)31-3/h4-5,8,10-12,16,21,25,30H,6-7,9,13-15,17H2,1-3H3,(H,27,29)/p+1/t21-,25+,26-/m1/s1. The molecule has 2 aromatic rings. The van der Waals surface area contributed by atoms with Crippen LogP contribution in [0.2, 0.25) is 0 Å². The van der Waals surface area contributed by atoms with Crippen molar-refractivity contribution >= 4 is 11.6 Å². The van der Waals surface area contributed by atoms with E-state index >= 15 is 0 Å². The number of carbonyl (C=O) groups excluding carboxylic acids is 1. The lowest BCUT2D eigenvalue weighted by Gasteiger charge is -2.50. The zero-order valence-electron chi connectivity index (χ0n) is 18.9. The molecule has 166 valence electrons. The van der Waals surface area contributed by atoms with E-state index in [2.05, 4.69) is 24.4 Å². The molecule has 3 N–H and O–H groups in total. The van der Waals surface area contributed by atoms with Crippen molar-refractivity contribution in [3.05, 3.63) is 59.2 Å². The van der Waals surface area contributed by atoms with Crippen LogP contribution >= 0.6 is 0 Å². The average Bonchev–Trinajstić information content (AvgIpc) is 2.75. The van der Waals surface area contributed by atoms with E-state index in [0.717, 1.165) is 61.2 Å². The number of aliphatic hydroxyl groups is 1. The first kappa shape index (κ1) is 21.8. The molecule has 1 heterocycles. The highest BCUT2D eigenvalue weighted by Gasteiger charge is 2.52. The molecule has 4 rings (SSSR count). The maximum absolute atomic E-state index is 13.1. The SMILES string of the molecule is COc1ccccc1[C@H]1[C@H]2CCCC[C@@]2(O)CC[NH+]1CC(=O)Nc1ccc(C)cc1C. The number of aryl methyl sites for hydroxylation is 2. The minimum absolute atomic E-state index is 0.0168. The zero-order valence-corrected chi connectivity index (χ0v) is 18.9. The molecule has 2 aromatic carbocycles. The van der Waals surface area contributed by atoms with Crippen molar-refractivity contribution in [1.82, 2.24) is 0 Å². The Hall–Kier alpha value is -2.37. The van der Waals surface area contributed by atoms with E-state index in [-0.39, 0.29) is 17.9 Å². The van der Waals surface area contributed by atoms with Crippen LogP contribution in [-0.4, -0.2) is 36.8 Å². The van der Waals surface area contributed by atoms with Crippen LogP contribution in [0, 0.1) is 19.8 Å². The molecule has 1 amide bonds. The van der Waals surface area contributed by atoms with Gasteiger partial charge in [-0.3, -0.25) is 4.79 Å². The third-order valence-electron chi connectivity index (χ3n) is 7.30. The van der Waals surface area contributed by atoms with Crippen molar-refractivity contribution in [1.29, 1.82) is 0 Å². The summed E-state index contributed by atoms with van der Waals surface area (Å²) >= 11 is 0. The van der Waals surface area contributed by atoms with Crippen molar-refractivity contribution in [3.63, 3.8) is 0 Å². The number of quaternary nitrogens is 1. The van der Waals surface area contributed by atoms with Gasteiger partial charge in [0, 0.05) is 18.0 Å². The third-order valence-corrected chi connectivity index (χ3v) is 7.30. The van der Waals surface area contributed by atoms with Gasteiger partial charge < -0.3 is 20.1 Å². The van der Waals surface area contributed by atoms with E-state index in [4.69, 9.17) is 4.74 Å². The van der Waals surface area contributed by atoms with Gasteiger partial charge in [-0.2, -0.15) is 0 Å². The van der Waals surface area contributed by atoms with Gasteiger partial charge in [0.25, 0.3) is 5.91 Å². The first-order valence-corrected chi connectivity index (χ1v) is 11.5. The van der Waals surface area contributed by atoms with Gasteiger partial charge in [-0.25, -0.2) is 0 Å². The number of fused-ring (bicyclic) bond motifs is 1. The number of ether oxygens (including phenoxy) is 1. The lowest BCUT2D eigenvalue weighted by atomic mass is 9.66. The van der Waals surface area contributed by atoms with Gasteiger partial charge in [0.2, 0.25) is 0 Å². The van der Waals surface area contributed by atoms with Crippen LogP contribution in [-0.2, 0) is 4.79 Å². The first-order valence-electron chi connectivity index (χ1n) is 11.5. The Morgan fingerprint density at radius 2 is 2.00 bits per heavy atom. The van der Waals surface area contributed by atoms with E-state index in [1.54, 1.807) is 7.11 Å². The zero-order chi connectivity index (χ0) is 22.0. The number of anilines is 1. The van der Waals surface area contributed by atoms with Gasteiger partial charge in [0.15, 0.2) is 6.54 Å². The predicted molar refractivity (Wildman–Crippen MR) is 123 cm³/mol. The van der Waals surface area contributed by atoms with Crippen molar-refractivity contribution in [2.75, 3.05) is 25.5 Å². The summed E-state index contributed by atoms with van der Waals surface area (Å²) in [7, 11) is 1.70. The third kappa shape index (κ3) is 4.48. The molecule has 31 heavy (non-hydrogen) atoms. The number of methoxy groups -OCH3 is 1. The molecule has 0 spiro atoms. The predicted octanol–water partition coefficient (Wildman–Crippen LogP) is 3.20. The van der Waals surface area contributed by atoms with Gasteiger partial charge in [-0.15, -0.1) is 0 Å². The van der Waals surface area contributed by atoms with Gasteiger partial charge >= 0.3 is 0 Å². The first-order chi connectivity index (χ1) is 14.9. The average molecular weight is 424 g/mol. The topological polar surface area (TPSA) is 63.0 Å². The van der Waals surface area contributed by atoms with Crippen molar-refractivity contribution in [2.24, 2.45) is 5.92 Å². The monoisotopic (exact) mass is 423 g/mol. The molecule has 4 atom stereocenters. The summed E-state index contributed by atoms with van der Waals surface area (Å²) in [6.45, 7) is 5.23. The number of nitrogens with one attached hydrogen (secondary N) is 2. The molecule has 2 aliphatic rings. The fourth-order valence-electron chi connectivity index (χ4n) is 5.77. The second kappa shape index (κ2) is 9.01. The second-order valence-electron chi connectivity index (χ2n) is 9.38. The molecule has 1 aliphatic heterocycles. The van der Waals surface area contributed by atoms with E-state index in [0.29, 0.717) is 6.54 Å². The minimum Gasteiger partial charge on any atom is -0.496 e. The molecule has 0 radical (unpaired) electrons. The van der Waals surface area contributed by atoms with Crippen LogP contribution in [0.25, 0.3) is 0 Å². The largest absolute Gasteiger partial charge is 0.496 e. The summed E-state index contributed by atoms with van der Waals surface area (Å²) in [5.74, 6) is 0.993. The smallest absolute Gasteiger partial charge is 0.279 e. The lowest BCUT2D eigenvalue weighted by Crippen LogP contribution is -3.16. The van der Waals surface area contributed by atoms with Crippen LogP contribution in [0.1, 0.15) is 54.8 Å². The van der Waals surface area contributed by atoms with Crippen LogP contribution in [0.15, 0.2) is 42.5 Å². The number of likely N-dealkylation sites (tertiary alicyclic amines) is 1. The van der Waals surface area contributed by atoms with Crippen LogP contribution in [0.4, 0.5) is 5.69 Å². The Kier molecular flexibility index (Phi) is 6.35. The fraction of sp³-hybridized carbons (Fsp3) is 0.500. The Bertz CT molecular complexity index is 944. The maximum Gasteiger partial charge on any atom is 0.279 e. The number of hydrogen-bond donors (Lipinski definition) is 3. The van der Waals surface area contributed by atoms with Gasteiger partial charge in [0.05, 0.1) is 24.8 Å². The number of hydrogen-bond acceptors (Lipinski definition) is 3. The molecule has 0 bridgehead atoms. The summed E-state index contributed by atoms with van der Waals surface area (Å²) in [5.41, 5.74) is 3.59. The number of rotatable bonds is 5. The molecular formula is C26H35N2O3+. The molecule has 1 saturated heterocycles. The normalized spacial score (nSPS) is 27.9. The number of amides is 1. The van der Waals surface area contributed by atoms with Crippen LogP contribution in [0.3, 0.4) is 0 Å². The summed E-state index contributed by atoms with van der Waals surface area (Å²) in [6.07, 6.45) is 4.79. The maximum atomic E-state index is 13.1. The number of benzene rings is 2. The summed E-state index contributed by atoms with van der Waals surface area (Å²) in [6, 6.07) is 14.2. The molecule has 2 fully saturated rings. The molecule has 1 unspecified atom stereocenters. The Morgan fingerprint density at radius 1 is 1.19 bits per heavy atom. The minimum atomic E-state index is -0.642. The van der Waals surface area contributed by atoms with Crippen molar-refractivity contribution in [2.45, 2.75) is 57.6 Å². The van der Waals surface area contributed by atoms with Gasteiger partial charge in [-0.05, 0) is 50.5 Å². The highest BCUT2D eigenvalue weighted by atomic mass is 16.5.